The Morgan fingerprint density at radius 1 is 1.88 bits per heavy atom. The van der Waals surface area contributed by atoms with Crippen molar-refractivity contribution in [2.45, 2.75) is 13.0 Å². The van der Waals surface area contributed by atoms with Crippen molar-refractivity contribution in [1.82, 2.24) is 4.98 Å². The van der Waals surface area contributed by atoms with Gasteiger partial charge in [-0.2, -0.15) is 0 Å². The van der Waals surface area contributed by atoms with E-state index in [1.54, 1.807) is 11.3 Å². The van der Waals surface area contributed by atoms with Gasteiger partial charge in [0.2, 0.25) is 0 Å². The summed E-state index contributed by atoms with van der Waals surface area (Å²) in [6, 6.07) is 0.343. The van der Waals surface area contributed by atoms with Crippen molar-refractivity contribution in [1.29, 1.82) is 0 Å². The van der Waals surface area contributed by atoms with Crippen molar-refractivity contribution in [2.24, 2.45) is 0 Å². The fourth-order valence-electron chi connectivity index (χ4n) is 0.478. The molecule has 0 fully saturated rings. The van der Waals surface area contributed by atoms with Crippen LogP contribution in [-0.4, -0.2) is 4.98 Å². The SMILES string of the molecule is C[C@H]([NH3+])c1nccs1. The minimum atomic E-state index is 0.343. The summed E-state index contributed by atoms with van der Waals surface area (Å²) in [5.41, 5.74) is 3.83. The zero-order valence-electron chi connectivity index (χ0n) is 4.79. The van der Waals surface area contributed by atoms with Gasteiger partial charge in [-0.05, 0) is 6.92 Å². The molecule has 0 radical (unpaired) electrons. The van der Waals surface area contributed by atoms with Crippen LogP contribution in [0, 0.1) is 0 Å². The molecular weight excluding hydrogens is 120 g/mol. The van der Waals surface area contributed by atoms with Gasteiger partial charge in [-0.3, -0.25) is 0 Å². The number of quaternary nitrogens is 1. The lowest BCUT2D eigenvalue weighted by atomic mass is 10.4. The van der Waals surface area contributed by atoms with E-state index in [2.05, 4.69) is 10.7 Å². The molecule has 0 bridgehead atoms. The fraction of sp³-hybridized carbons (Fsp3) is 0.400. The molecule has 0 spiro atoms. The average molecular weight is 129 g/mol. The highest BCUT2D eigenvalue weighted by Crippen LogP contribution is 2.09. The molecule has 0 aliphatic rings. The molecular formula is C5H9N2S+. The Morgan fingerprint density at radius 2 is 2.62 bits per heavy atom. The molecule has 0 unspecified atom stereocenters. The van der Waals surface area contributed by atoms with Crippen molar-refractivity contribution in [3.63, 3.8) is 0 Å². The van der Waals surface area contributed by atoms with E-state index in [9.17, 15) is 0 Å². The Morgan fingerprint density at radius 3 is 2.88 bits per heavy atom. The number of hydrogen-bond donors (Lipinski definition) is 1. The number of aromatic nitrogens is 1. The standard InChI is InChI=1S/C5H8N2S/c1-4(6)5-7-2-3-8-5/h2-4H,6H2,1H3/p+1/t4-/m0/s1. The van der Waals surface area contributed by atoms with Crippen LogP contribution in [0.1, 0.15) is 18.0 Å². The molecule has 1 aromatic heterocycles. The predicted molar refractivity (Wildman–Crippen MR) is 33.4 cm³/mol. The van der Waals surface area contributed by atoms with Gasteiger partial charge in [-0.25, -0.2) is 4.98 Å². The van der Waals surface area contributed by atoms with E-state index in [1.165, 1.54) is 0 Å². The zero-order valence-corrected chi connectivity index (χ0v) is 5.61. The summed E-state index contributed by atoms with van der Waals surface area (Å²) in [5, 5.41) is 3.08. The average Bonchev–Trinajstić information content (AvgIpc) is 2.12. The Hall–Kier alpha value is -0.410. The van der Waals surface area contributed by atoms with E-state index < -0.39 is 0 Å². The van der Waals surface area contributed by atoms with Crippen LogP contribution in [0.25, 0.3) is 0 Å². The van der Waals surface area contributed by atoms with E-state index in [1.807, 2.05) is 18.5 Å². The summed E-state index contributed by atoms with van der Waals surface area (Å²) in [5.74, 6) is 0. The number of rotatable bonds is 1. The smallest absolute Gasteiger partial charge is 0.150 e. The number of hydrogen-bond acceptors (Lipinski definition) is 2. The third-order valence-electron chi connectivity index (χ3n) is 0.873. The summed E-state index contributed by atoms with van der Waals surface area (Å²) >= 11 is 1.66. The molecule has 3 heteroatoms. The van der Waals surface area contributed by atoms with E-state index in [0.717, 1.165) is 5.01 Å². The van der Waals surface area contributed by atoms with Gasteiger partial charge in [-0.15, -0.1) is 11.3 Å². The minimum Gasteiger partial charge on any atom is -0.350 e. The maximum atomic E-state index is 4.07. The molecule has 1 aromatic rings. The largest absolute Gasteiger partial charge is 0.350 e. The van der Waals surface area contributed by atoms with Crippen molar-refractivity contribution in [3.05, 3.63) is 16.6 Å². The number of nitrogens with zero attached hydrogens (tertiary/aromatic N) is 1. The molecule has 1 atom stereocenters. The van der Waals surface area contributed by atoms with Crippen LogP contribution in [0.15, 0.2) is 11.6 Å². The van der Waals surface area contributed by atoms with Gasteiger partial charge < -0.3 is 5.73 Å². The first kappa shape index (κ1) is 5.72. The molecule has 3 N–H and O–H groups in total. The van der Waals surface area contributed by atoms with E-state index in [0.29, 0.717) is 6.04 Å². The lowest BCUT2D eigenvalue weighted by Crippen LogP contribution is -2.51. The Labute approximate surface area is 52.4 Å². The molecule has 0 aromatic carbocycles. The summed E-state index contributed by atoms with van der Waals surface area (Å²) in [7, 11) is 0. The van der Waals surface area contributed by atoms with E-state index >= 15 is 0 Å². The second kappa shape index (κ2) is 2.24. The Bertz CT molecular complexity index is 145. The molecule has 0 aliphatic carbocycles. The van der Waals surface area contributed by atoms with Gasteiger partial charge in [0.25, 0.3) is 0 Å². The maximum absolute atomic E-state index is 4.07. The summed E-state index contributed by atoms with van der Waals surface area (Å²) in [6.45, 7) is 2.04. The molecule has 44 valence electrons. The Balaban J connectivity index is 2.77. The first-order valence-corrected chi connectivity index (χ1v) is 3.41. The summed E-state index contributed by atoms with van der Waals surface area (Å²) in [4.78, 5) is 4.07. The molecule has 2 nitrogen and oxygen atoms in total. The van der Waals surface area contributed by atoms with E-state index in [-0.39, 0.29) is 0 Å². The van der Waals surface area contributed by atoms with Crippen LogP contribution in [-0.2, 0) is 0 Å². The molecule has 1 rings (SSSR count). The van der Waals surface area contributed by atoms with Crippen LogP contribution in [0.4, 0.5) is 0 Å². The maximum Gasteiger partial charge on any atom is 0.150 e. The highest BCUT2D eigenvalue weighted by atomic mass is 32.1. The van der Waals surface area contributed by atoms with Crippen LogP contribution in [0.5, 0.6) is 0 Å². The minimum absolute atomic E-state index is 0.343. The van der Waals surface area contributed by atoms with Crippen molar-refractivity contribution in [2.75, 3.05) is 0 Å². The van der Waals surface area contributed by atoms with Gasteiger partial charge in [-0.1, -0.05) is 0 Å². The quantitative estimate of drug-likeness (QED) is 0.587. The van der Waals surface area contributed by atoms with Gasteiger partial charge >= 0.3 is 0 Å². The van der Waals surface area contributed by atoms with Crippen molar-refractivity contribution < 1.29 is 5.73 Å². The molecule has 0 saturated carbocycles. The van der Waals surface area contributed by atoms with Crippen molar-refractivity contribution >= 4 is 11.3 Å². The Kier molecular flexibility index (Phi) is 1.60. The molecule has 0 aliphatic heterocycles. The molecule has 8 heavy (non-hydrogen) atoms. The van der Waals surface area contributed by atoms with Gasteiger partial charge in [0.05, 0.1) is 0 Å². The molecule has 0 amide bonds. The topological polar surface area (TPSA) is 40.5 Å². The van der Waals surface area contributed by atoms with Crippen LogP contribution in [0.2, 0.25) is 0 Å². The van der Waals surface area contributed by atoms with Gasteiger partial charge in [0.1, 0.15) is 11.0 Å². The van der Waals surface area contributed by atoms with Gasteiger partial charge in [0, 0.05) is 11.6 Å². The summed E-state index contributed by atoms with van der Waals surface area (Å²) in [6.07, 6.45) is 1.81. The van der Waals surface area contributed by atoms with Crippen LogP contribution in [0.3, 0.4) is 0 Å². The van der Waals surface area contributed by atoms with Crippen LogP contribution < -0.4 is 5.73 Å². The second-order valence-corrected chi connectivity index (χ2v) is 2.70. The third-order valence-corrected chi connectivity index (χ3v) is 1.88. The number of thiazole rings is 1. The highest BCUT2D eigenvalue weighted by molar-refractivity contribution is 7.09. The van der Waals surface area contributed by atoms with Crippen LogP contribution >= 0.6 is 11.3 Å². The lowest BCUT2D eigenvalue weighted by Gasteiger charge is -1.90. The highest BCUT2D eigenvalue weighted by Gasteiger charge is 2.02. The first-order valence-electron chi connectivity index (χ1n) is 2.53. The lowest BCUT2D eigenvalue weighted by molar-refractivity contribution is -0.420. The fourth-order valence-corrected chi connectivity index (χ4v) is 1.09. The van der Waals surface area contributed by atoms with E-state index in [4.69, 9.17) is 0 Å². The first-order chi connectivity index (χ1) is 3.80. The van der Waals surface area contributed by atoms with Gasteiger partial charge in [0.15, 0.2) is 0 Å². The second-order valence-electron chi connectivity index (χ2n) is 1.77. The summed E-state index contributed by atoms with van der Waals surface area (Å²) < 4.78 is 0. The molecule has 0 saturated heterocycles. The zero-order chi connectivity index (χ0) is 5.98. The van der Waals surface area contributed by atoms with Crippen molar-refractivity contribution in [3.8, 4) is 0 Å². The normalized spacial score (nSPS) is 13.8. The predicted octanol–water partition coefficient (Wildman–Crippen LogP) is 0.446. The third kappa shape index (κ3) is 1.05. The molecule has 1 heterocycles. The monoisotopic (exact) mass is 129 g/mol.